The molecule has 0 radical (unpaired) electrons. The van der Waals surface area contributed by atoms with Gasteiger partial charge >= 0.3 is 5.97 Å². The van der Waals surface area contributed by atoms with Gasteiger partial charge in [-0.1, -0.05) is 18.5 Å². The van der Waals surface area contributed by atoms with E-state index in [2.05, 4.69) is 0 Å². The van der Waals surface area contributed by atoms with Gasteiger partial charge < -0.3 is 10.0 Å². The maximum absolute atomic E-state index is 12.1. The van der Waals surface area contributed by atoms with E-state index in [9.17, 15) is 9.59 Å². The van der Waals surface area contributed by atoms with Gasteiger partial charge in [0.2, 0.25) is 0 Å². The van der Waals surface area contributed by atoms with Gasteiger partial charge in [0.25, 0.3) is 5.91 Å². The lowest BCUT2D eigenvalue weighted by Gasteiger charge is -2.22. The topological polar surface area (TPSA) is 57.6 Å². The molecule has 0 saturated carbocycles. The Bertz CT molecular complexity index is 419. The molecule has 0 bridgehead atoms. The fourth-order valence-corrected chi connectivity index (χ4v) is 2.46. The van der Waals surface area contributed by atoms with Gasteiger partial charge in [0.15, 0.2) is 0 Å². The molecule has 1 heterocycles. The Hall–Kier alpha value is -1.07. The number of hydrogen-bond donors (Lipinski definition) is 1. The summed E-state index contributed by atoms with van der Waals surface area (Å²) in [6.07, 6.45) is 0. The predicted molar refractivity (Wildman–Crippen MR) is 67.7 cm³/mol. The third-order valence-corrected chi connectivity index (χ3v) is 3.73. The summed E-state index contributed by atoms with van der Waals surface area (Å²) in [4.78, 5) is 24.8. The van der Waals surface area contributed by atoms with Crippen LogP contribution < -0.4 is 0 Å². The molecule has 1 atom stereocenters. The molecule has 1 rings (SSSR count). The SMILES string of the molecule is CCN(CC(C)C(=O)O)C(=O)c1sccc1Cl. The number of halogens is 1. The van der Waals surface area contributed by atoms with Gasteiger partial charge in [0.05, 0.1) is 10.9 Å². The maximum atomic E-state index is 12.1. The molecule has 6 heteroatoms. The number of thiophene rings is 1. The molecule has 0 aromatic carbocycles. The molecular weight excluding hydrogens is 262 g/mol. The van der Waals surface area contributed by atoms with Crippen LogP contribution in [0, 0.1) is 5.92 Å². The van der Waals surface area contributed by atoms with Crippen molar-refractivity contribution in [3.8, 4) is 0 Å². The zero-order valence-electron chi connectivity index (χ0n) is 9.64. The predicted octanol–water partition coefficient (Wildman–Crippen LogP) is 2.58. The highest BCUT2D eigenvalue weighted by atomic mass is 35.5. The van der Waals surface area contributed by atoms with Crippen molar-refractivity contribution in [2.24, 2.45) is 5.92 Å². The van der Waals surface area contributed by atoms with E-state index in [1.807, 2.05) is 6.92 Å². The van der Waals surface area contributed by atoms with E-state index in [0.717, 1.165) is 0 Å². The zero-order chi connectivity index (χ0) is 13.0. The molecule has 1 N–H and O–H groups in total. The minimum absolute atomic E-state index is 0.193. The van der Waals surface area contributed by atoms with E-state index in [-0.39, 0.29) is 12.5 Å². The minimum Gasteiger partial charge on any atom is -0.481 e. The van der Waals surface area contributed by atoms with Crippen LogP contribution in [0.3, 0.4) is 0 Å². The Kier molecular flexibility index (Phi) is 4.96. The number of rotatable bonds is 5. The monoisotopic (exact) mass is 275 g/mol. The van der Waals surface area contributed by atoms with Crippen molar-refractivity contribution in [1.29, 1.82) is 0 Å². The summed E-state index contributed by atoms with van der Waals surface area (Å²) < 4.78 is 0. The number of amides is 1. The highest BCUT2D eigenvalue weighted by Gasteiger charge is 2.22. The van der Waals surface area contributed by atoms with Gasteiger partial charge in [-0.25, -0.2) is 0 Å². The number of hydrogen-bond acceptors (Lipinski definition) is 3. The summed E-state index contributed by atoms with van der Waals surface area (Å²) in [5.41, 5.74) is 0. The number of carbonyl (C=O) groups is 2. The van der Waals surface area contributed by atoms with E-state index < -0.39 is 11.9 Å². The van der Waals surface area contributed by atoms with Crippen molar-refractivity contribution < 1.29 is 14.7 Å². The second kappa shape index (κ2) is 6.02. The highest BCUT2D eigenvalue weighted by molar-refractivity contribution is 7.12. The van der Waals surface area contributed by atoms with Crippen LogP contribution in [-0.2, 0) is 4.79 Å². The van der Waals surface area contributed by atoms with Crippen molar-refractivity contribution >= 4 is 34.8 Å². The number of carboxylic acid groups (broad SMARTS) is 1. The second-order valence-corrected chi connectivity index (χ2v) is 5.00. The molecular formula is C11H14ClNO3S. The van der Waals surface area contributed by atoms with Crippen LogP contribution in [0.25, 0.3) is 0 Å². The first-order valence-electron chi connectivity index (χ1n) is 5.22. The molecule has 4 nitrogen and oxygen atoms in total. The van der Waals surface area contributed by atoms with Crippen molar-refractivity contribution in [1.82, 2.24) is 4.90 Å². The maximum Gasteiger partial charge on any atom is 0.308 e. The zero-order valence-corrected chi connectivity index (χ0v) is 11.2. The Morgan fingerprint density at radius 2 is 2.24 bits per heavy atom. The first kappa shape index (κ1) is 14.0. The fraction of sp³-hybridized carbons (Fsp3) is 0.455. The smallest absolute Gasteiger partial charge is 0.308 e. The number of carboxylic acids is 1. The summed E-state index contributed by atoms with van der Waals surface area (Å²) in [6.45, 7) is 4.05. The summed E-state index contributed by atoms with van der Waals surface area (Å²) >= 11 is 7.15. The van der Waals surface area contributed by atoms with E-state index in [0.29, 0.717) is 16.4 Å². The molecule has 1 amide bonds. The highest BCUT2D eigenvalue weighted by Crippen LogP contribution is 2.23. The van der Waals surface area contributed by atoms with E-state index >= 15 is 0 Å². The van der Waals surface area contributed by atoms with Crippen molar-refractivity contribution in [2.45, 2.75) is 13.8 Å². The Morgan fingerprint density at radius 1 is 1.59 bits per heavy atom. The van der Waals surface area contributed by atoms with E-state index in [4.69, 9.17) is 16.7 Å². The lowest BCUT2D eigenvalue weighted by atomic mass is 10.1. The van der Waals surface area contributed by atoms with Crippen LogP contribution in [0.5, 0.6) is 0 Å². The average molecular weight is 276 g/mol. The molecule has 1 aromatic heterocycles. The summed E-state index contributed by atoms with van der Waals surface area (Å²) in [7, 11) is 0. The molecule has 0 fully saturated rings. The van der Waals surface area contributed by atoms with Crippen LogP contribution in [0.4, 0.5) is 0 Å². The fourth-order valence-electron chi connectivity index (χ4n) is 1.35. The molecule has 1 unspecified atom stereocenters. The van der Waals surface area contributed by atoms with E-state index in [1.54, 1.807) is 18.4 Å². The van der Waals surface area contributed by atoms with Gasteiger partial charge in [-0.2, -0.15) is 0 Å². The summed E-state index contributed by atoms with van der Waals surface area (Å²) in [5.74, 6) is -1.70. The summed E-state index contributed by atoms with van der Waals surface area (Å²) in [5, 5.41) is 11.0. The number of carbonyl (C=O) groups excluding carboxylic acids is 1. The molecule has 0 aliphatic heterocycles. The third-order valence-electron chi connectivity index (χ3n) is 2.40. The van der Waals surface area contributed by atoms with Crippen molar-refractivity contribution in [3.05, 3.63) is 21.3 Å². The average Bonchev–Trinajstić information content (AvgIpc) is 2.70. The lowest BCUT2D eigenvalue weighted by molar-refractivity contribution is -0.141. The van der Waals surface area contributed by atoms with Crippen LogP contribution in [0.1, 0.15) is 23.5 Å². The minimum atomic E-state index is -0.909. The Morgan fingerprint density at radius 3 is 2.65 bits per heavy atom. The molecule has 0 aliphatic rings. The molecule has 1 aromatic rings. The van der Waals surface area contributed by atoms with Crippen LogP contribution >= 0.6 is 22.9 Å². The molecule has 0 saturated heterocycles. The first-order chi connectivity index (χ1) is 7.97. The Labute approximate surface area is 109 Å². The van der Waals surface area contributed by atoms with Crippen LogP contribution in [0.15, 0.2) is 11.4 Å². The molecule has 94 valence electrons. The normalized spacial score (nSPS) is 12.2. The van der Waals surface area contributed by atoms with Crippen LogP contribution in [-0.4, -0.2) is 35.0 Å². The van der Waals surface area contributed by atoms with Gasteiger partial charge in [-0.15, -0.1) is 11.3 Å². The van der Waals surface area contributed by atoms with Gasteiger partial charge in [-0.3, -0.25) is 9.59 Å². The summed E-state index contributed by atoms with van der Waals surface area (Å²) in [6, 6.07) is 1.66. The molecule has 17 heavy (non-hydrogen) atoms. The van der Waals surface area contributed by atoms with Crippen molar-refractivity contribution in [2.75, 3.05) is 13.1 Å². The van der Waals surface area contributed by atoms with Gasteiger partial charge in [-0.05, 0) is 18.4 Å². The quantitative estimate of drug-likeness (QED) is 0.899. The Balaban J connectivity index is 2.78. The molecule has 0 aliphatic carbocycles. The second-order valence-electron chi connectivity index (χ2n) is 3.68. The lowest BCUT2D eigenvalue weighted by Crippen LogP contribution is -2.36. The third kappa shape index (κ3) is 3.44. The number of nitrogens with zero attached hydrogens (tertiary/aromatic N) is 1. The number of aliphatic carboxylic acids is 1. The largest absolute Gasteiger partial charge is 0.481 e. The van der Waals surface area contributed by atoms with Gasteiger partial charge in [0.1, 0.15) is 4.88 Å². The standard InChI is InChI=1S/C11H14ClNO3S/c1-3-13(6-7(2)11(15)16)10(14)9-8(12)4-5-17-9/h4-5,7H,3,6H2,1-2H3,(H,15,16). The first-order valence-corrected chi connectivity index (χ1v) is 6.48. The van der Waals surface area contributed by atoms with E-state index in [1.165, 1.54) is 16.2 Å². The molecule has 0 spiro atoms. The van der Waals surface area contributed by atoms with Gasteiger partial charge in [0, 0.05) is 13.1 Å². The van der Waals surface area contributed by atoms with Crippen molar-refractivity contribution in [3.63, 3.8) is 0 Å². The van der Waals surface area contributed by atoms with Crippen LogP contribution in [0.2, 0.25) is 5.02 Å².